The number of carbonyl (C=O) groups is 2. The van der Waals surface area contributed by atoms with Gasteiger partial charge in [-0.05, 0) is 17.7 Å². The Bertz CT molecular complexity index is 925. The predicted molar refractivity (Wildman–Crippen MR) is 102 cm³/mol. The average molecular weight is 401 g/mol. The number of halogens is 2. The minimum atomic E-state index is -0.839. The molecule has 6 nitrogen and oxygen atoms in total. The van der Waals surface area contributed by atoms with Gasteiger partial charge in [0, 0.05) is 38.7 Å². The summed E-state index contributed by atoms with van der Waals surface area (Å²) >= 11 is 0. The fourth-order valence-corrected chi connectivity index (χ4v) is 4.15. The van der Waals surface area contributed by atoms with Gasteiger partial charge < -0.3 is 19.9 Å². The van der Waals surface area contributed by atoms with Gasteiger partial charge in [-0.2, -0.15) is 0 Å². The molecule has 0 aromatic heterocycles. The molecule has 3 atom stereocenters. The summed E-state index contributed by atoms with van der Waals surface area (Å²) in [6.45, 7) is 1.06. The Kier molecular flexibility index (Phi) is 5.19. The first-order valence-corrected chi connectivity index (χ1v) is 9.36. The van der Waals surface area contributed by atoms with Crippen molar-refractivity contribution in [2.75, 3.05) is 25.5 Å². The summed E-state index contributed by atoms with van der Waals surface area (Å²) in [5.41, 5.74) is 0.904. The molecule has 0 aliphatic carbocycles. The Hall–Kier alpha value is -3.00. The molecule has 8 heteroatoms. The first-order chi connectivity index (χ1) is 14.0. The SMILES string of the molecule is CO[C@@H]1C(=O)N(Cc2ccccc2)[C@@H]2CN(C(=O)Nc3ccc(F)cc3F)C[C@H]12. The van der Waals surface area contributed by atoms with Gasteiger partial charge in [-0.3, -0.25) is 4.79 Å². The molecule has 2 heterocycles. The summed E-state index contributed by atoms with van der Waals surface area (Å²) in [6.07, 6.45) is -0.621. The molecule has 2 fully saturated rings. The van der Waals surface area contributed by atoms with Gasteiger partial charge in [0.05, 0.1) is 11.7 Å². The second-order valence-corrected chi connectivity index (χ2v) is 7.30. The van der Waals surface area contributed by atoms with Crippen LogP contribution >= 0.6 is 0 Å². The minimum Gasteiger partial charge on any atom is -0.371 e. The van der Waals surface area contributed by atoms with Crippen molar-refractivity contribution in [3.05, 3.63) is 65.7 Å². The topological polar surface area (TPSA) is 61.9 Å². The Labute approximate surface area is 167 Å². The maximum atomic E-state index is 13.9. The van der Waals surface area contributed by atoms with Crippen LogP contribution in [0.15, 0.2) is 48.5 Å². The highest BCUT2D eigenvalue weighted by Crippen LogP contribution is 2.35. The second kappa shape index (κ2) is 7.79. The van der Waals surface area contributed by atoms with Crippen LogP contribution in [-0.2, 0) is 16.1 Å². The van der Waals surface area contributed by atoms with E-state index in [1.807, 2.05) is 30.3 Å². The molecule has 0 bridgehead atoms. The highest BCUT2D eigenvalue weighted by Gasteiger charge is 2.53. The van der Waals surface area contributed by atoms with E-state index in [1.165, 1.54) is 18.1 Å². The molecule has 29 heavy (non-hydrogen) atoms. The number of nitrogens with one attached hydrogen (secondary N) is 1. The number of hydrogen-bond donors (Lipinski definition) is 1. The lowest BCUT2D eigenvalue weighted by Crippen LogP contribution is -2.41. The van der Waals surface area contributed by atoms with Gasteiger partial charge in [0.1, 0.15) is 17.7 Å². The number of urea groups is 1. The third-order valence-corrected chi connectivity index (χ3v) is 5.56. The molecule has 2 aliphatic rings. The van der Waals surface area contributed by atoms with Gasteiger partial charge in [0.2, 0.25) is 0 Å². The van der Waals surface area contributed by atoms with E-state index in [0.29, 0.717) is 19.6 Å². The number of ether oxygens (including phenoxy) is 1. The molecule has 4 rings (SSSR count). The van der Waals surface area contributed by atoms with Crippen molar-refractivity contribution in [1.82, 2.24) is 9.80 Å². The van der Waals surface area contributed by atoms with Gasteiger partial charge in [0.15, 0.2) is 0 Å². The number of hydrogen-bond acceptors (Lipinski definition) is 3. The number of rotatable bonds is 4. The molecule has 0 saturated carbocycles. The van der Waals surface area contributed by atoms with Crippen molar-refractivity contribution < 1.29 is 23.1 Å². The van der Waals surface area contributed by atoms with Crippen molar-refractivity contribution >= 4 is 17.6 Å². The van der Waals surface area contributed by atoms with Gasteiger partial charge in [0.25, 0.3) is 5.91 Å². The summed E-state index contributed by atoms with van der Waals surface area (Å²) in [5, 5.41) is 2.48. The van der Waals surface area contributed by atoms with Gasteiger partial charge >= 0.3 is 6.03 Å². The van der Waals surface area contributed by atoms with Gasteiger partial charge in [-0.1, -0.05) is 30.3 Å². The van der Waals surface area contributed by atoms with E-state index in [4.69, 9.17) is 4.74 Å². The predicted octanol–water partition coefficient (Wildman–Crippen LogP) is 2.85. The second-order valence-electron chi connectivity index (χ2n) is 7.30. The normalized spacial score (nSPS) is 23.4. The zero-order valence-corrected chi connectivity index (χ0v) is 15.8. The summed E-state index contributed by atoms with van der Waals surface area (Å²) in [6, 6.07) is 11.9. The van der Waals surface area contributed by atoms with Crippen molar-refractivity contribution in [1.29, 1.82) is 0 Å². The molecular weight excluding hydrogens is 380 g/mol. The minimum absolute atomic E-state index is 0.0870. The molecule has 152 valence electrons. The molecular formula is C21H21F2N3O3. The van der Waals surface area contributed by atoms with E-state index in [0.717, 1.165) is 17.7 Å². The zero-order chi connectivity index (χ0) is 20.5. The van der Waals surface area contributed by atoms with Crippen molar-refractivity contribution in [2.45, 2.75) is 18.7 Å². The molecule has 1 N–H and O–H groups in total. The lowest BCUT2D eigenvalue weighted by Gasteiger charge is -2.25. The van der Waals surface area contributed by atoms with Gasteiger partial charge in [-0.15, -0.1) is 0 Å². The number of fused-ring (bicyclic) bond motifs is 1. The first-order valence-electron chi connectivity index (χ1n) is 9.36. The molecule has 3 amide bonds. The van der Waals surface area contributed by atoms with Crippen LogP contribution in [0.1, 0.15) is 5.56 Å². The third kappa shape index (κ3) is 3.67. The molecule has 0 unspecified atom stereocenters. The Balaban J connectivity index is 1.49. The van der Waals surface area contributed by atoms with Crippen LogP contribution in [0.5, 0.6) is 0 Å². The fraction of sp³-hybridized carbons (Fsp3) is 0.333. The maximum absolute atomic E-state index is 13.9. The van der Waals surface area contributed by atoms with E-state index in [9.17, 15) is 18.4 Å². The van der Waals surface area contributed by atoms with Crippen LogP contribution in [0, 0.1) is 17.6 Å². The van der Waals surface area contributed by atoms with Crippen molar-refractivity contribution in [2.24, 2.45) is 5.92 Å². The quantitative estimate of drug-likeness (QED) is 0.857. The lowest BCUT2D eigenvalue weighted by atomic mass is 10.0. The largest absolute Gasteiger partial charge is 0.371 e. The number of carbonyl (C=O) groups excluding carboxylic acids is 2. The smallest absolute Gasteiger partial charge is 0.322 e. The van der Waals surface area contributed by atoms with Crippen LogP contribution in [0.25, 0.3) is 0 Å². The van der Waals surface area contributed by atoms with Crippen LogP contribution in [0.3, 0.4) is 0 Å². The number of benzene rings is 2. The number of anilines is 1. The number of methoxy groups -OCH3 is 1. The van der Waals surface area contributed by atoms with Crippen LogP contribution in [0.4, 0.5) is 19.3 Å². The van der Waals surface area contributed by atoms with E-state index in [-0.39, 0.29) is 23.6 Å². The van der Waals surface area contributed by atoms with E-state index < -0.39 is 23.8 Å². The Morgan fingerprint density at radius 3 is 2.62 bits per heavy atom. The molecule has 2 saturated heterocycles. The van der Waals surface area contributed by atoms with E-state index in [1.54, 1.807) is 4.90 Å². The highest BCUT2D eigenvalue weighted by atomic mass is 19.1. The maximum Gasteiger partial charge on any atom is 0.322 e. The van der Waals surface area contributed by atoms with Gasteiger partial charge in [-0.25, -0.2) is 13.6 Å². The summed E-state index contributed by atoms with van der Waals surface area (Å²) in [7, 11) is 1.49. The molecule has 0 radical (unpaired) electrons. The highest BCUT2D eigenvalue weighted by molar-refractivity contribution is 5.91. The Morgan fingerprint density at radius 1 is 1.17 bits per heavy atom. The number of likely N-dealkylation sites (tertiary alicyclic amines) is 2. The van der Waals surface area contributed by atoms with E-state index >= 15 is 0 Å². The van der Waals surface area contributed by atoms with Crippen molar-refractivity contribution in [3.8, 4) is 0 Å². The molecule has 2 aliphatic heterocycles. The Morgan fingerprint density at radius 2 is 1.93 bits per heavy atom. The number of nitrogens with zero attached hydrogens (tertiary/aromatic N) is 2. The van der Waals surface area contributed by atoms with Crippen molar-refractivity contribution in [3.63, 3.8) is 0 Å². The molecule has 0 spiro atoms. The third-order valence-electron chi connectivity index (χ3n) is 5.56. The van der Waals surface area contributed by atoms with Crippen LogP contribution < -0.4 is 5.32 Å². The van der Waals surface area contributed by atoms with Crippen LogP contribution in [-0.4, -0.2) is 54.1 Å². The fourth-order valence-electron chi connectivity index (χ4n) is 4.15. The molecule has 2 aromatic rings. The summed E-state index contributed by atoms with van der Waals surface area (Å²) in [5.74, 6) is -1.81. The summed E-state index contributed by atoms with van der Waals surface area (Å²) in [4.78, 5) is 28.7. The van der Waals surface area contributed by atoms with E-state index in [2.05, 4.69) is 5.32 Å². The first kappa shape index (κ1) is 19.3. The lowest BCUT2D eigenvalue weighted by molar-refractivity contribution is -0.138. The van der Waals surface area contributed by atoms with Crippen LogP contribution in [0.2, 0.25) is 0 Å². The average Bonchev–Trinajstić information content (AvgIpc) is 3.23. The monoisotopic (exact) mass is 401 g/mol. The standard InChI is InChI=1S/C21H21F2N3O3/c1-29-19-15-11-25(21(28)24-17-8-7-14(22)9-16(17)23)12-18(15)26(20(19)27)10-13-5-3-2-4-6-13/h2-9,15,18-19H,10-12H2,1H3,(H,24,28)/t15-,18+,19-/m0/s1. The number of amides is 3. The summed E-state index contributed by atoms with van der Waals surface area (Å²) < 4.78 is 32.4. The molecule has 2 aromatic carbocycles. The zero-order valence-electron chi connectivity index (χ0n) is 15.8.